The number of hydrogen-bond donors (Lipinski definition) is 1. The number of allylic oxidation sites excluding steroid dienone is 2. The molecule has 6 unspecified atom stereocenters. The number of carbonyl (C=O) groups excluding carboxylic acids is 5. The number of methoxy groups -OCH3 is 1. The summed E-state index contributed by atoms with van der Waals surface area (Å²) in [6, 6.07) is 6.11. The molecule has 0 aromatic heterocycles. The highest BCUT2D eigenvalue weighted by atomic mass is 35.5. The zero-order valence-electron chi connectivity index (χ0n) is 18.2. The van der Waals surface area contributed by atoms with Gasteiger partial charge in [0.2, 0.25) is 11.8 Å². The second-order valence-corrected chi connectivity index (χ2v) is 10.3. The Labute approximate surface area is 204 Å². The lowest BCUT2D eigenvalue weighted by molar-refractivity contribution is -0.139. The molecule has 1 N–H and O–H groups in total. The SMILES string of the molecule is COC(=O)N1C(=O)C2CC=C3C(CC4(Cl)C(=O)N(C)C(=O)C4(Cl)C3c3cccc(O)c3)C2C1=O. The number of imide groups is 4. The maximum absolute atomic E-state index is 13.4. The minimum atomic E-state index is -1.92. The molecule has 1 aromatic rings. The molecule has 11 heteroatoms. The van der Waals surface area contributed by atoms with Crippen LogP contribution < -0.4 is 0 Å². The number of benzene rings is 1. The van der Waals surface area contributed by atoms with Gasteiger partial charge in [-0.2, -0.15) is 4.90 Å². The summed E-state index contributed by atoms with van der Waals surface area (Å²) < 4.78 is 4.62. The Morgan fingerprint density at radius 3 is 2.47 bits per heavy atom. The van der Waals surface area contributed by atoms with E-state index < -0.39 is 63.1 Å². The van der Waals surface area contributed by atoms with Crippen LogP contribution in [0.25, 0.3) is 0 Å². The highest BCUT2D eigenvalue weighted by Gasteiger charge is 2.76. The number of carbonyl (C=O) groups is 5. The normalized spacial score (nSPS) is 36.8. The summed E-state index contributed by atoms with van der Waals surface area (Å²) in [6.07, 6.45) is 0.613. The number of phenols is 1. The molecular formula is C23H20Cl2N2O7. The van der Waals surface area contributed by atoms with Crippen LogP contribution in [0.2, 0.25) is 0 Å². The zero-order valence-corrected chi connectivity index (χ0v) is 19.7. The van der Waals surface area contributed by atoms with Crippen LogP contribution in [0.3, 0.4) is 0 Å². The van der Waals surface area contributed by atoms with Crippen molar-refractivity contribution < 1.29 is 33.8 Å². The van der Waals surface area contributed by atoms with Gasteiger partial charge in [0.05, 0.1) is 18.9 Å². The van der Waals surface area contributed by atoms with Crippen LogP contribution >= 0.6 is 23.2 Å². The third kappa shape index (κ3) is 2.59. The molecule has 5 rings (SSSR count). The van der Waals surface area contributed by atoms with Crippen molar-refractivity contribution in [2.75, 3.05) is 14.2 Å². The van der Waals surface area contributed by atoms with E-state index in [0.717, 1.165) is 12.0 Å². The average Bonchev–Trinajstić information content (AvgIpc) is 3.13. The molecule has 4 aliphatic rings. The summed E-state index contributed by atoms with van der Waals surface area (Å²) in [6.45, 7) is 0. The number of halogens is 2. The van der Waals surface area contributed by atoms with Crippen LogP contribution in [0.4, 0.5) is 4.79 Å². The van der Waals surface area contributed by atoms with Gasteiger partial charge in [-0.25, -0.2) is 4.79 Å². The van der Waals surface area contributed by atoms with E-state index in [1.165, 1.54) is 19.2 Å². The third-order valence-electron chi connectivity index (χ3n) is 7.57. The lowest BCUT2D eigenvalue weighted by Crippen LogP contribution is -2.60. The van der Waals surface area contributed by atoms with Gasteiger partial charge < -0.3 is 9.84 Å². The molecule has 2 aliphatic heterocycles. The minimum Gasteiger partial charge on any atom is -0.508 e. The first-order chi connectivity index (χ1) is 16.0. The summed E-state index contributed by atoms with van der Waals surface area (Å²) in [5, 5.41) is 10.1. The second-order valence-electron chi connectivity index (χ2n) is 9.07. The summed E-state index contributed by atoms with van der Waals surface area (Å²) in [5.41, 5.74) is 1.01. The molecule has 178 valence electrons. The van der Waals surface area contributed by atoms with Gasteiger partial charge in [0, 0.05) is 13.0 Å². The molecule has 34 heavy (non-hydrogen) atoms. The van der Waals surface area contributed by atoms with Crippen LogP contribution in [-0.4, -0.2) is 68.5 Å². The monoisotopic (exact) mass is 506 g/mol. The topological polar surface area (TPSA) is 121 Å². The van der Waals surface area contributed by atoms with E-state index in [1.54, 1.807) is 18.2 Å². The number of likely N-dealkylation sites (tertiary alicyclic amines) is 2. The van der Waals surface area contributed by atoms with Crippen molar-refractivity contribution >= 4 is 52.9 Å². The van der Waals surface area contributed by atoms with Gasteiger partial charge in [0.15, 0.2) is 9.75 Å². The molecule has 0 radical (unpaired) electrons. The van der Waals surface area contributed by atoms with E-state index >= 15 is 0 Å². The fourth-order valence-electron chi connectivity index (χ4n) is 6.09. The van der Waals surface area contributed by atoms with Gasteiger partial charge >= 0.3 is 6.09 Å². The fourth-order valence-corrected chi connectivity index (χ4v) is 7.11. The van der Waals surface area contributed by atoms with E-state index in [9.17, 15) is 29.1 Å². The van der Waals surface area contributed by atoms with Gasteiger partial charge in [0.1, 0.15) is 5.75 Å². The second kappa shape index (κ2) is 7.29. The highest BCUT2D eigenvalue weighted by Crippen LogP contribution is 2.65. The first-order valence-electron chi connectivity index (χ1n) is 10.6. The molecule has 9 nitrogen and oxygen atoms in total. The Bertz CT molecular complexity index is 1220. The van der Waals surface area contributed by atoms with Crippen molar-refractivity contribution in [1.82, 2.24) is 9.80 Å². The molecule has 1 aromatic carbocycles. The summed E-state index contributed by atoms with van der Waals surface area (Å²) in [5.74, 6) is -6.41. The number of hydrogen-bond acceptors (Lipinski definition) is 7. The van der Waals surface area contributed by atoms with E-state index in [-0.39, 0.29) is 18.6 Å². The number of aromatic hydroxyl groups is 1. The van der Waals surface area contributed by atoms with E-state index in [0.29, 0.717) is 16.0 Å². The predicted octanol–water partition coefficient (Wildman–Crippen LogP) is 2.15. The van der Waals surface area contributed by atoms with Gasteiger partial charge in [-0.1, -0.05) is 23.8 Å². The van der Waals surface area contributed by atoms with Crippen LogP contribution in [0.1, 0.15) is 24.3 Å². The minimum absolute atomic E-state index is 0.0801. The Hall–Kier alpha value is -2.91. The third-order valence-corrected chi connectivity index (χ3v) is 8.99. The van der Waals surface area contributed by atoms with E-state index in [4.69, 9.17) is 23.2 Å². The molecule has 5 amide bonds. The zero-order chi connectivity index (χ0) is 24.7. The standard InChI is InChI=1S/C23H20Cl2N2O7/c1-26-19(31)22(24)9-14-12(6-7-13-15(14)18(30)27(17(13)29)21(33)34-2)16(23(22,25)20(26)32)10-4-3-5-11(28)8-10/h3-6,8,13-16,28H,7,9H2,1-2H3. The summed E-state index contributed by atoms with van der Waals surface area (Å²) in [7, 11) is 2.36. The van der Waals surface area contributed by atoms with Crippen LogP contribution in [0.5, 0.6) is 5.75 Å². The van der Waals surface area contributed by atoms with Gasteiger partial charge in [-0.3, -0.25) is 24.1 Å². The molecular weight excluding hydrogens is 487 g/mol. The maximum atomic E-state index is 13.4. The van der Waals surface area contributed by atoms with Crippen molar-refractivity contribution in [2.45, 2.75) is 28.5 Å². The van der Waals surface area contributed by atoms with Crippen molar-refractivity contribution in [2.24, 2.45) is 17.8 Å². The number of rotatable bonds is 1. The quantitative estimate of drug-likeness (QED) is 0.351. The Balaban J connectivity index is 1.71. The fraction of sp³-hybridized carbons (Fsp3) is 0.435. The van der Waals surface area contributed by atoms with Gasteiger partial charge in [0.25, 0.3) is 11.8 Å². The highest BCUT2D eigenvalue weighted by molar-refractivity contribution is 6.53. The smallest absolute Gasteiger partial charge is 0.423 e. The number of fused-ring (bicyclic) bond motifs is 4. The summed E-state index contributed by atoms with van der Waals surface area (Å²) >= 11 is 14.0. The van der Waals surface area contributed by atoms with Crippen molar-refractivity contribution in [3.05, 3.63) is 41.5 Å². The van der Waals surface area contributed by atoms with Crippen LogP contribution in [-0.2, 0) is 23.9 Å². The van der Waals surface area contributed by atoms with Gasteiger partial charge in [-0.05, 0) is 36.5 Å². The van der Waals surface area contributed by atoms with E-state index in [1.807, 2.05) is 0 Å². The lowest BCUT2D eigenvalue weighted by Gasteiger charge is -2.50. The largest absolute Gasteiger partial charge is 0.508 e. The first-order valence-corrected chi connectivity index (χ1v) is 11.4. The number of ether oxygens (including phenoxy) is 1. The van der Waals surface area contributed by atoms with Crippen LogP contribution in [0, 0.1) is 17.8 Å². The van der Waals surface area contributed by atoms with Gasteiger partial charge in [-0.15, -0.1) is 23.2 Å². The number of phenolic OH excluding ortho intramolecular Hbond substituents is 1. The molecule has 1 saturated carbocycles. The molecule has 0 spiro atoms. The Kier molecular flexibility index (Phi) is 4.90. The molecule has 3 fully saturated rings. The Morgan fingerprint density at radius 2 is 1.82 bits per heavy atom. The summed E-state index contributed by atoms with van der Waals surface area (Å²) in [4.78, 5) is 62.5. The van der Waals surface area contributed by atoms with E-state index in [2.05, 4.69) is 4.74 Å². The molecule has 0 bridgehead atoms. The number of nitrogens with zero attached hydrogens (tertiary/aromatic N) is 2. The van der Waals surface area contributed by atoms with Crippen molar-refractivity contribution in [3.8, 4) is 5.75 Å². The van der Waals surface area contributed by atoms with Crippen molar-refractivity contribution in [1.29, 1.82) is 0 Å². The lowest BCUT2D eigenvalue weighted by atomic mass is 9.56. The number of amides is 5. The maximum Gasteiger partial charge on any atom is 0.423 e. The van der Waals surface area contributed by atoms with Crippen molar-refractivity contribution in [3.63, 3.8) is 0 Å². The first kappa shape index (κ1) is 22.9. The van der Waals surface area contributed by atoms with Crippen LogP contribution in [0.15, 0.2) is 35.9 Å². The molecule has 2 heterocycles. The average molecular weight is 507 g/mol. The molecule has 2 aliphatic carbocycles. The predicted molar refractivity (Wildman–Crippen MR) is 118 cm³/mol. The Morgan fingerprint density at radius 1 is 1.12 bits per heavy atom. The molecule has 2 saturated heterocycles. The molecule has 6 atom stereocenters. The number of alkyl halides is 2.